The van der Waals surface area contributed by atoms with Gasteiger partial charge in [0.25, 0.3) is 0 Å². The predicted octanol–water partition coefficient (Wildman–Crippen LogP) is 6.11. The minimum atomic E-state index is -4.89. The van der Waals surface area contributed by atoms with Crippen LogP contribution in [0.25, 0.3) is 0 Å². The highest BCUT2D eigenvalue weighted by molar-refractivity contribution is 5.91. The Labute approximate surface area is 220 Å². The number of aliphatic carboxylic acids is 1. The van der Waals surface area contributed by atoms with E-state index in [1.165, 1.54) is 23.1 Å². The number of anilines is 1. The molecule has 0 aliphatic carbocycles. The summed E-state index contributed by atoms with van der Waals surface area (Å²) in [5.41, 5.74) is 0.687. The molecular weight excluding hydrogens is 505 g/mol. The summed E-state index contributed by atoms with van der Waals surface area (Å²) in [4.78, 5) is 25.7. The molecule has 2 amide bonds. The lowest BCUT2D eigenvalue weighted by Crippen LogP contribution is -2.38. The van der Waals surface area contributed by atoms with Crippen LogP contribution < -0.4 is 14.8 Å². The third-order valence-electron chi connectivity index (χ3n) is 5.54. The number of rotatable bonds is 16. The molecule has 0 fully saturated rings. The fraction of sp³-hybridized carbons (Fsp3) is 0.481. The zero-order valence-corrected chi connectivity index (χ0v) is 21.6. The Balaban J connectivity index is 1.99. The van der Waals surface area contributed by atoms with Crippen LogP contribution in [-0.4, -0.2) is 60.8 Å². The number of hydrogen-bond acceptors (Lipinski definition) is 5. The van der Waals surface area contributed by atoms with Crippen LogP contribution in [0.4, 0.5) is 23.7 Å². The number of carboxylic acids is 1. The number of benzene rings is 2. The van der Waals surface area contributed by atoms with Gasteiger partial charge in [-0.05, 0) is 43.2 Å². The number of carbonyl (C=O) groups is 2. The molecule has 1 atom stereocenters. The van der Waals surface area contributed by atoms with Crippen LogP contribution in [0.5, 0.6) is 11.5 Å². The molecule has 0 aliphatic heterocycles. The second kappa shape index (κ2) is 15.7. The molecule has 0 aliphatic rings. The molecule has 0 bridgehead atoms. The molecule has 11 heteroatoms. The molecule has 0 heterocycles. The summed E-state index contributed by atoms with van der Waals surface area (Å²) in [5, 5.41) is 11.8. The zero-order chi connectivity index (χ0) is 28.0. The molecule has 0 saturated carbocycles. The van der Waals surface area contributed by atoms with Gasteiger partial charge in [-0.1, -0.05) is 50.5 Å². The van der Waals surface area contributed by atoms with Crippen molar-refractivity contribution >= 4 is 17.7 Å². The van der Waals surface area contributed by atoms with Crippen LogP contribution in [0.15, 0.2) is 48.5 Å². The maximum Gasteiger partial charge on any atom is 0.573 e. The van der Waals surface area contributed by atoms with Gasteiger partial charge in [0.15, 0.2) is 11.9 Å². The van der Waals surface area contributed by atoms with Crippen LogP contribution in [0.3, 0.4) is 0 Å². The van der Waals surface area contributed by atoms with E-state index in [2.05, 4.69) is 17.0 Å². The molecule has 0 radical (unpaired) electrons. The average Bonchev–Trinajstić information content (AvgIpc) is 2.86. The van der Waals surface area contributed by atoms with Gasteiger partial charge >= 0.3 is 18.4 Å². The van der Waals surface area contributed by atoms with Crippen LogP contribution in [0, 0.1) is 0 Å². The molecule has 210 valence electrons. The number of hydrogen-bond donors (Lipinski definition) is 2. The first-order valence-corrected chi connectivity index (χ1v) is 12.6. The number of para-hydroxylation sites is 2. The van der Waals surface area contributed by atoms with Gasteiger partial charge < -0.3 is 29.5 Å². The Bertz CT molecular complexity index is 1000. The van der Waals surface area contributed by atoms with Gasteiger partial charge in [-0.25, -0.2) is 9.59 Å². The molecule has 2 aromatic carbocycles. The number of unbranched alkanes of at least 4 members (excludes halogenated alkanes) is 3. The third kappa shape index (κ3) is 11.3. The number of nitrogens with one attached hydrogen (secondary N) is 1. The molecule has 0 aromatic heterocycles. The summed E-state index contributed by atoms with van der Waals surface area (Å²) in [6.45, 7) is 4.85. The van der Waals surface area contributed by atoms with Gasteiger partial charge in [-0.15, -0.1) is 13.2 Å². The zero-order valence-electron chi connectivity index (χ0n) is 21.6. The van der Waals surface area contributed by atoms with Crippen LogP contribution in [0.2, 0.25) is 0 Å². The Hall–Kier alpha value is -3.47. The SMILES string of the molecule is CCCCCCN(CCOc1ccc(CC(OCC)C(=O)O)cc1)C(=O)Nc1ccccc1OC(F)(F)F. The van der Waals surface area contributed by atoms with Crippen molar-refractivity contribution in [1.29, 1.82) is 0 Å². The van der Waals surface area contributed by atoms with Gasteiger partial charge in [0.2, 0.25) is 0 Å². The number of urea groups is 1. The smallest absolute Gasteiger partial charge is 0.492 e. The lowest BCUT2D eigenvalue weighted by molar-refractivity contribution is -0.274. The number of nitrogens with zero attached hydrogens (tertiary/aromatic N) is 1. The second-order valence-corrected chi connectivity index (χ2v) is 8.50. The molecule has 2 aromatic rings. The Morgan fingerprint density at radius 3 is 2.34 bits per heavy atom. The van der Waals surface area contributed by atoms with Gasteiger partial charge in [-0.3, -0.25) is 0 Å². The first kappa shape index (κ1) is 30.8. The van der Waals surface area contributed by atoms with Crippen molar-refractivity contribution in [2.75, 3.05) is 31.6 Å². The lowest BCUT2D eigenvalue weighted by Gasteiger charge is -2.24. The molecule has 38 heavy (non-hydrogen) atoms. The van der Waals surface area contributed by atoms with Crippen molar-refractivity contribution in [3.63, 3.8) is 0 Å². The molecule has 0 saturated heterocycles. The number of halogens is 3. The molecular formula is C27H35F3N2O6. The Morgan fingerprint density at radius 2 is 1.71 bits per heavy atom. The van der Waals surface area contributed by atoms with E-state index in [0.717, 1.165) is 37.3 Å². The maximum atomic E-state index is 13.0. The molecule has 2 N–H and O–H groups in total. The summed E-state index contributed by atoms with van der Waals surface area (Å²) >= 11 is 0. The summed E-state index contributed by atoms with van der Waals surface area (Å²) in [5.74, 6) is -0.991. The summed E-state index contributed by atoms with van der Waals surface area (Å²) in [7, 11) is 0. The topological polar surface area (TPSA) is 97.3 Å². The van der Waals surface area contributed by atoms with Crippen molar-refractivity contribution in [1.82, 2.24) is 4.90 Å². The highest BCUT2D eigenvalue weighted by atomic mass is 19.4. The van der Waals surface area contributed by atoms with Crippen LogP contribution in [0.1, 0.15) is 45.1 Å². The van der Waals surface area contributed by atoms with Crippen molar-refractivity contribution in [3.8, 4) is 11.5 Å². The number of carbonyl (C=O) groups excluding carboxylic acids is 1. The number of carboxylic acid groups (broad SMARTS) is 1. The first-order valence-electron chi connectivity index (χ1n) is 12.6. The fourth-order valence-corrected chi connectivity index (χ4v) is 3.65. The van der Waals surface area contributed by atoms with E-state index in [1.54, 1.807) is 31.2 Å². The van der Waals surface area contributed by atoms with Crippen molar-refractivity contribution in [3.05, 3.63) is 54.1 Å². The van der Waals surface area contributed by atoms with Crippen LogP contribution in [-0.2, 0) is 16.0 Å². The normalized spacial score (nSPS) is 12.0. The fourth-order valence-electron chi connectivity index (χ4n) is 3.65. The van der Waals surface area contributed by atoms with E-state index < -0.39 is 30.2 Å². The lowest BCUT2D eigenvalue weighted by atomic mass is 10.1. The molecule has 8 nitrogen and oxygen atoms in total. The van der Waals surface area contributed by atoms with E-state index in [-0.39, 0.29) is 25.3 Å². The number of ether oxygens (including phenoxy) is 3. The van der Waals surface area contributed by atoms with Gasteiger partial charge in [-0.2, -0.15) is 0 Å². The van der Waals surface area contributed by atoms with Gasteiger partial charge in [0.1, 0.15) is 12.4 Å². The largest absolute Gasteiger partial charge is 0.573 e. The van der Waals surface area contributed by atoms with Crippen molar-refractivity contribution in [2.24, 2.45) is 0 Å². The van der Waals surface area contributed by atoms with E-state index in [9.17, 15) is 27.9 Å². The van der Waals surface area contributed by atoms with Gasteiger partial charge in [0.05, 0.1) is 12.2 Å². The maximum absolute atomic E-state index is 13.0. The summed E-state index contributed by atoms with van der Waals surface area (Å²) < 4.78 is 53.3. The highest BCUT2D eigenvalue weighted by Gasteiger charge is 2.32. The minimum Gasteiger partial charge on any atom is -0.492 e. The molecule has 2 rings (SSSR count). The quantitative estimate of drug-likeness (QED) is 0.249. The monoisotopic (exact) mass is 540 g/mol. The van der Waals surface area contributed by atoms with Crippen molar-refractivity contribution < 1.29 is 42.1 Å². The number of amides is 2. The number of alkyl halides is 3. The van der Waals surface area contributed by atoms with E-state index >= 15 is 0 Å². The molecule has 0 spiro atoms. The summed E-state index contributed by atoms with van der Waals surface area (Å²) in [6.07, 6.45) is -1.93. The average molecular weight is 541 g/mol. The van der Waals surface area contributed by atoms with E-state index in [0.29, 0.717) is 18.9 Å². The Morgan fingerprint density at radius 1 is 1.00 bits per heavy atom. The molecule has 1 unspecified atom stereocenters. The van der Waals surface area contributed by atoms with Gasteiger partial charge in [0, 0.05) is 19.6 Å². The van der Waals surface area contributed by atoms with E-state index in [4.69, 9.17) is 9.47 Å². The third-order valence-corrected chi connectivity index (χ3v) is 5.54. The van der Waals surface area contributed by atoms with Crippen molar-refractivity contribution in [2.45, 2.75) is 58.4 Å². The first-order chi connectivity index (χ1) is 18.1. The van der Waals surface area contributed by atoms with E-state index in [1.807, 2.05) is 0 Å². The highest BCUT2D eigenvalue weighted by Crippen LogP contribution is 2.30. The van der Waals surface area contributed by atoms with Crippen LogP contribution >= 0.6 is 0 Å². The second-order valence-electron chi connectivity index (χ2n) is 8.50. The predicted molar refractivity (Wildman–Crippen MR) is 137 cm³/mol. The Kier molecular flexibility index (Phi) is 12.7. The minimum absolute atomic E-state index is 0.0865. The summed E-state index contributed by atoms with van der Waals surface area (Å²) in [6, 6.07) is 11.7. The standard InChI is InChI=1S/C27H35F3N2O6/c1-3-5-6-9-16-32(26(35)31-22-10-7-8-11-23(22)38-27(28,29)30)17-18-37-21-14-12-20(13-15-21)19-24(25(33)34)36-4-2/h7-8,10-15,24H,3-6,9,16-19H2,1-2H3,(H,31,35)(H,33,34).